The molecule has 2 fully saturated rings. The largest absolute Gasteiger partial charge is 0.381 e. The van der Waals surface area contributed by atoms with E-state index in [9.17, 15) is 0 Å². The summed E-state index contributed by atoms with van der Waals surface area (Å²) in [5.74, 6) is 0. The normalized spacial score (nSPS) is 37.8. The highest BCUT2D eigenvalue weighted by Gasteiger charge is 2.28. The molecule has 2 heteroatoms. The van der Waals surface area contributed by atoms with E-state index in [-0.39, 0.29) is 0 Å². The summed E-state index contributed by atoms with van der Waals surface area (Å²) >= 11 is 0. The minimum Gasteiger partial charge on any atom is -0.381 e. The van der Waals surface area contributed by atoms with Crippen molar-refractivity contribution < 1.29 is 4.74 Å². The maximum atomic E-state index is 5.35. The summed E-state index contributed by atoms with van der Waals surface area (Å²) in [6.45, 7) is 2.70. The molecule has 0 bridgehead atoms. The number of nitrogens with zero attached hydrogens (tertiary/aromatic N) is 1. The lowest BCUT2D eigenvalue weighted by atomic mass is 9.90. The second-order valence-electron chi connectivity index (χ2n) is 4.06. The minimum atomic E-state index is 0.558. The van der Waals surface area contributed by atoms with Crippen LogP contribution in [0.3, 0.4) is 0 Å². The van der Waals surface area contributed by atoms with Crippen molar-refractivity contribution in [1.29, 1.82) is 0 Å². The number of hydrogen-bond acceptors (Lipinski definition) is 2. The third-order valence-corrected chi connectivity index (χ3v) is 3.38. The van der Waals surface area contributed by atoms with Crippen molar-refractivity contribution in [1.82, 2.24) is 4.90 Å². The second kappa shape index (κ2) is 3.75. The van der Waals surface area contributed by atoms with Crippen molar-refractivity contribution in [3.05, 3.63) is 0 Å². The van der Waals surface area contributed by atoms with Gasteiger partial charge in [-0.1, -0.05) is 0 Å². The van der Waals surface area contributed by atoms with E-state index >= 15 is 0 Å². The van der Waals surface area contributed by atoms with Crippen molar-refractivity contribution in [2.24, 2.45) is 0 Å². The van der Waals surface area contributed by atoms with Crippen LogP contribution < -0.4 is 0 Å². The van der Waals surface area contributed by atoms with Crippen LogP contribution in [0, 0.1) is 0 Å². The summed E-state index contributed by atoms with van der Waals surface area (Å²) in [6, 6.07) is 0.894. The Morgan fingerprint density at radius 1 is 1.08 bits per heavy atom. The van der Waals surface area contributed by atoms with E-state index in [0.717, 1.165) is 6.04 Å². The molecule has 0 N–H and O–H groups in total. The first-order valence-electron chi connectivity index (χ1n) is 5.17. The molecule has 2 nitrogen and oxygen atoms in total. The molecule has 1 aliphatic heterocycles. The third kappa shape index (κ3) is 1.64. The van der Waals surface area contributed by atoms with Gasteiger partial charge in [0.25, 0.3) is 0 Å². The first-order valence-corrected chi connectivity index (χ1v) is 5.17. The third-order valence-electron chi connectivity index (χ3n) is 3.38. The maximum absolute atomic E-state index is 5.35. The highest BCUT2D eigenvalue weighted by atomic mass is 16.5. The Labute approximate surface area is 74.9 Å². The van der Waals surface area contributed by atoms with Gasteiger partial charge < -0.3 is 9.64 Å². The van der Waals surface area contributed by atoms with Gasteiger partial charge in [0.05, 0.1) is 6.10 Å². The van der Waals surface area contributed by atoms with Crippen molar-refractivity contribution in [2.75, 3.05) is 20.2 Å². The van der Waals surface area contributed by atoms with Gasteiger partial charge in [-0.05, 0) is 45.2 Å². The van der Waals surface area contributed by atoms with Crippen molar-refractivity contribution >= 4 is 0 Å². The predicted octanol–water partition coefficient (Wildman–Crippen LogP) is 1.65. The van der Waals surface area contributed by atoms with Crippen LogP contribution >= 0.6 is 0 Å². The molecule has 0 atom stereocenters. The van der Waals surface area contributed by atoms with Gasteiger partial charge in [-0.2, -0.15) is 0 Å². The number of rotatable bonds is 2. The van der Waals surface area contributed by atoms with Gasteiger partial charge in [0, 0.05) is 13.2 Å². The molecule has 1 saturated heterocycles. The van der Waals surface area contributed by atoms with Crippen LogP contribution in [-0.4, -0.2) is 37.2 Å². The Morgan fingerprint density at radius 3 is 2.17 bits per heavy atom. The Balaban J connectivity index is 1.74. The molecule has 0 aromatic carbocycles. The van der Waals surface area contributed by atoms with Gasteiger partial charge in [0.1, 0.15) is 0 Å². The molecular formula is C10H19NO. The van der Waals surface area contributed by atoms with Gasteiger partial charge in [0.15, 0.2) is 0 Å². The first-order chi connectivity index (χ1) is 5.90. The van der Waals surface area contributed by atoms with Gasteiger partial charge in [0.2, 0.25) is 0 Å². The molecule has 12 heavy (non-hydrogen) atoms. The number of hydrogen-bond donors (Lipinski definition) is 0. The predicted molar refractivity (Wildman–Crippen MR) is 49.2 cm³/mol. The quantitative estimate of drug-likeness (QED) is 0.623. The van der Waals surface area contributed by atoms with E-state index in [2.05, 4.69) is 4.90 Å². The van der Waals surface area contributed by atoms with Gasteiger partial charge in [-0.25, -0.2) is 0 Å². The Morgan fingerprint density at radius 2 is 1.75 bits per heavy atom. The zero-order valence-corrected chi connectivity index (χ0v) is 7.96. The average Bonchev–Trinajstić information content (AvgIpc) is 2.03. The molecule has 1 aliphatic carbocycles. The summed E-state index contributed by atoms with van der Waals surface area (Å²) in [7, 11) is 1.84. The molecule has 0 aromatic rings. The first kappa shape index (κ1) is 8.52. The van der Waals surface area contributed by atoms with Crippen LogP contribution in [0.4, 0.5) is 0 Å². The van der Waals surface area contributed by atoms with Crippen molar-refractivity contribution in [2.45, 2.75) is 44.2 Å². The van der Waals surface area contributed by atoms with E-state index in [1.807, 2.05) is 7.11 Å². The molecule has 0 unspecified atom stereocenters. The van der Waals surface area contributed by atoms with Crippen LogP contribution in [0.15, 0.2) is 0 Å². The zero-order chi connectivity index (χ0) is 8.39. The monoisotopic (exact) mass is 169 g/mol. The molecule has 2 aliphatic rings. The molecular weight excluding hydrogens is 150 g/mol. The molecule has 0 aromatic heterocycles. The lowest BCUT2D eigenvalue weighted by molar-refractivity contribution is 0.0211. The fourth-order valence-corrected chi connectivity index (χ4v) is 2.35. The molecule has 1 heterocycles. The smallest absolute Gasteiger partial charge is 0.0572 e. The Bertz CT molecular complexity index is 137. The van der Waals surface area contributed by atoms with Crippen LogP contribution in [0.2, 0.25) is 0 Å². The average molecular weight is 169 g/mol. The summed E-state index contributed by atoms with van der Waals surface area (Å²) in [4.78, 5) is 2.63. The Hall–Kier alpha value is -0.0800. The maximum Gasteiger partial charge on any atom is 0.0572 e. The standard InChI is InChI=1S/C10H19NO/c1-12-10-5-3-9(4-6-10)11-7-2-8-11/h9-10H,2-8H2,1H3. The van der Waals surface area contributed by atoms with E-state index in [1.165, 1.54) is 45.2 Å². The Kier molecular flexibility index (Phi) is 2.66. The molecule has 0 spiro atoms. The second-order valence-corrected chi connectivity index (χ2v) is 4.06. The van der Waals surface area contributed by atoms with Crippen LogP contribution in [0.1, 0.15) is 32.1 Å². The zero-order valence-electron chi connectivity index (χ0n) is 7.96. The fraction of sp³-hybridized carbons (Fsp3) is 1.00. The summed E-state index contributed by atoms with van der Waals surface area (Å²) in [5, 5.41) is 0. The lowest BCUT2D eigenvalue weighted by Crippen LogP contribution is -2.47. The fourth-order valence-electron chi connectivity index (χ4n) is 2.35. The van der Waals surface area contributed by atoms with Crippen molar-refractivity contribution in [3.8, 4) is 0 Å². The van der Waals surface area contributed by atoms with E-state index in [0.29, 0.717) is 6.10 Å². The molecule has 2 rings (SSSR count). The molecule has 0 amide bonds. The highest BCUT2D eigenvalue weighted by Crippen LogP contribution is 2.27. The van der Waals surface area contributed by atoms with Gasteiger partial charge in [-0.15, -0.1) is 0 Å². The SMILES string of the molecule is COC1CCC(N2CCC2)CC1. The summed E-state index contributed by atoms with van der Waals surface area (Å²) in [5.41, 5.74) is 0. The number of likely N-dealkylation sites (tertiary alicyclic amines) is 1. The van der Waals surface area contributed by atoms with Crippen LogP contribution in [0.5, 0.6) is 0 Å². The van der Waals surface area contributed by atoms with E-state index in [4.69, 9.17) is 4.74 Å². The minimum absolute atomic E-state index is 0.558. The topological polar surface area (TPSA) is 12.5 Å². The molecule has 0 radical (unpaired) electrons. The summed E-state index contributed by atoms with van der Waals surface area (Å²) in [6.07, 6.45) is 7.25. The van der Waals surface area contributed by atoms with E-state index < -0.39 is 0 Å². The molecule has 1 saturated carbocycles. The van der Waals surface area contributed by atoms with Crippen molar-refractivity contribution in [3.63, 3.8) is 0 Å². The van der Waals surface area contributed by atoms with E-state index in [1.54, 1.807) is 0 Å². The van der Waals surface area contributed by atoms with Gasteiger partial charge >= 0.3 is 0 Å². The van der Waals surface area contributed by atoms with Crippen LogP contribution in [-0.2, 0) is 4.74 Å². The van der Waals surface area contributed by atoms with Crippen LogP contribution in [0.25, 0.3) is 0 Å². The summed E-state index contributed by atoms with van der Waals surface area (Å²) < 4.78 is 5.35. The molecule has 70 valence electrons. The van der Waals surface area contributed by atoms with Gasteiger partial charge in [-0.3, -0.25) is 0 Å². The highest BCUT2D eigenvalue weighted by molar-refractivity contribution is 4.83. The number of ether oxygens (including phenoxy) is 1. The lowest BCUT2D eigenvalue weighted by Gasteiger charge is -2.41. The number of methoxy groups -OCH3 is 1.